The second-order valence-electron chi connectivity index (χ2n) is 8.64. The predicted octanol–water partition coefficient (Wildman–Crippen LogP) is 5.77. The molecule has 0 aliphatic heterocycles. The SMILES string of the molecule is Cc1cc(OCCN)c2oc3cc(Oc4ccc(OCc5ccc(C(F)(F)F)nc5)nc4)ccc3c(=O)c2c1. The van der Waals surface area contributed by atoms with Gasteiger partial charge in [-0.3, -0.25) is 9.78 Å². The van der Waals surface area contributed by atoms with Crippen LogP contribution in [0.2, 0.25) is 0 Å². The fraction of sp³-hybridized carbons (Fsp3) is 0.179. The van der Waals surface area contributed by atoms with E-state index < -0.39 is 11.9 Å². The molecule has 2 N–H and O–H groups in total. The average molecular weight is 537 g/mol. The van der Waals surface area contributed by atoms with Crippen LogP contribution in [0.3, 0.4) is 0 Å². The molecular weight excluding hydrogens is 515 g/mol. The van der Waals surface area contributed by atoms with Crippen molar-refractivity contribution in [3.63, 3.8) is 0 Å². The molecule has 3 heterocycles. The van der Waals surface area contributed by atoms with Crippen LogP contribution in [0.1, 0.15) is 16.8 Å². The number of hydrogen-bond donors (Lipinski definition) is 1. The first-order valence-electron chi connectivity index (χ1n) is 11.8. The largest absolute Gasteiger partial charge is 0.488 e. The number of nitrogens with two attached hydrogens (primary N) is 1. The number of nitrogens with zero attached hydrogens (tertiary/aromatic N) is 2. The first kappa shape index (κ1) is 26.0. The van der Waals surface area contributed by atoms with Gasteiger partial charge in [-0.2, -0.15) is 13.2 Å². The summed E-state index contributed by atoms with van der Waals surface area (Å²) in [6, 6.07) is 13.8. The van der Waals surface area contributed by atoms with E-state index >= 15 is 0 Å². The van der Waals surface area contributed by atoms with Crippen molar-refractivity contribution in [3.8, 4) is 23.1 Å². The fourth-order valence-electron chi connectivity index (χ4n) is 3.87. The number of halogens is 3. The second kappa shape index (κ2) is 10.6. The van der Waals surface area contributed by atoms with E-state index in [2.05, 4.69) is 9.97 Å². The highest BCUT2D eigenvalue weighted by molar-refractivity contribution is 5.93. The Labute approximate surface area is 219 Å². The van der Waals surface area contributed by atoms with Gasteiger partial charge in [-0.05, 0) is 48.9 Å². The lowest BCUT2D eigenvalue weighted by Gasteiger charge is -2.11. The van der Waals surface area contributed by atoms with Crippen LogP contribution in [0.4, 0.5) is 13.2 Å². The summed E-state index contributed by atoms with van der Waals surface area (Å²) in [6.45, 7) is 2.45. The van der Waals surface area contributed by atoms with Gasteiger partial charge in [0.15, 0.2) is 11.3 Å². The minimum absolute atomic E-state index is 0.00743. The number of pyridine rings is 2. The maximum absolute atomic E-state index is 13.1. The molecule has 0 aliphatic carbocycles. The molecule has 0 amide bonds. The molecule has 0 spiro atoms. The summed E-state index contributed by atoms with van der Waals surface area (Å²) >= 11 is 0. The third kappa shape index (κ3) is 5.78. The van der Waals surface area contributed by atoms with Crippen LogP contribution in [0.5, 0.6) is 23.1 Å². The summed E-state index contributed by atoms with van der Waals surface area (Å²) in [5.41, 5.74) is 6.37. The quantitative estimate of drug-likeness (QED) is 0.249. The Bertz CT molecular complexity index is 1690. The van der Waals surface area contributed by atoms with E-state index in [-0.39, 0.29) is 24.5 Å². The Balaban J connectivity index is 1.32. The lowest BCUT2D eigenvalue weighted by Crippen LogP contribution is -2.11. The molecule has 0 bridgehead atoms. The van der Waals surface area contributed by atoms with E-state index in [0.29, 0.717) is 51.3 Å². The molecule has 8 nitrogen and oxygen atoms in total. The summed E-state index contributed by atoms with van der Waals surface area (Å²) in [4.78, 5) is 20.7. The zero-order valence-electron chi connectivity index (χ0n) is 20.6. The highest BCUT2D eigenvalue weighted by atomic mass is 19.4. The van der Waals surface area contributed by atoms with Crippen LogP contribution >= 0.6 is 0 Å². The van der Waals surface area contributed by atoms with Gasteiger partial charge in [-0.25, -0.2) is 4.98 Å². The summed E-state index contributed by atoms with van der Waals surface area (Å²) < 4.78 is 61.1. The highest BCUT2D eigenvalue weighted by Crippen LogP contribution is 2.32. The topological polar surface area (TPSA) is 110 Å². The molecule has 0 fully saturated rings. The zero-order chi connectivity index (χ0) is 27.6. The number of aryl methyl sites for hydroxylation is 1. The van der Waals surface area contributed by atoms with E-state index in [1.807, 2.05) is 6.92 Å². The van der Waals surface area contributed by atoms with Crippen LogP contribution < -0.4 is 25.4 Å². The number of fused-ring (bicyclic) bond motifs is 2. The molecule has 0 saturated heterocycles. The first-order valence-corrected chi connectivity index (χ1v) is 11.8. The van der Waals surface area contributed by atoms with Crippen molar-refractivity contribution in [1.82, 2.24) is 9.97 Å². The Morgan fingerprint density at radius 3 is 2.44 bits per heavy atom. The molecule has 11 heteroatoms. The van der Waals surface area contributed by atoms with Gasteiger partial charge in [0, 0.05) is 30.4 Å². The number of alkyl halides is 3. The van der Waals surface area contributed by atoms with Gasteiger partial charge in [-0.15, -0.1) is 0 Å². The standard InChI is InChI=1S/C28H22F3N3O5/c1-16-10-21-26(35)20-5-3-18(12-22(20)39-27(21)23(11-16)36-9-8-32)38-19-4-7-25(34-14-19)37-15-17-2-6-24(33-13-17)28(29,30)31/h2-7,10-14H,8-9,15,32H2,1H3. The smallest absolute Gasteiger partial charge is 0.433 e. The van der Waals surface area contributed by atoms with Crippen molar-refractivity contribution in [2.24, 2.45) is 5.73 Å². The second-order valence-corrected chi connectivity index (χ2v) is 8.64. The monoisotopic (exact) mass is 537 g/mol. The van der Waals surface area contributed by atoms with Crippen molar-refractivity contribution < 1.29 is 31.8 Å². The molecule has 200 valence electrons. The van der Waals surface area contributed by atoms with Crippen LogP contribution in [0, 0.1) is 6.92 Å². The van der Waals surface area contributed by atoms with E-state index in [1.165, 1.54) is 12.3 Å². The summed E-state index contributed by atoms with van der Waals surface area (Å²) in [6.07, 6.45) is -1.96. The third-order valence-corrected chi connectivity index (χ3v) is 5.68. The van der Waals surface area contributed by atoms with Crippen molar-refractivity contribution in [1.29, 1.82) is 0 Å². The van der Waals surface area contributed by atoms with E-state index in [9.17, 15) is 18.0 Å². The summed E-state index contributed by atoms with van der Waals surface area (Å²) in [5, 5.41) is 0.805. The van der Waals surface area contributed by atoms with Crippen LogP contribution in [-0.2, 0) is 12.8 Å². The predicted molar refractivity (Wildman–Crippen MR) is 137 cm³/mol. The first-order chi connectivity index (χ1) is 18.7. The molecule has 3 aromatic heterocycles. The van der Waals surface area contributed by atoms with E-state index in [0.717, 1.165) is 17.8 Å². The maximum Gasteiger partial charge on any atom is 0.433 e. The van der Waals surface area contributed by atoms with Gasteiger partial charge in [-0.1, -0.05) is 6.07 Å². The normalized spacial score (nSPS) is 11.6. The molecule has 0 radical (unpaired) electrons. The number of aromatic nitrogens is 2. The minimum atomic E-state index is -4.50. The molecule has 5 aromatic rings. The van der Waals surface area contributed by atoms with Gasteiger partial charge < -0.3 is 24.4 Å². The van der Waals surface area contributed by atoms with Gasteiger partial charge in [0.2, 0.25) is 11.3 Å². The highest BCUT2D eigenvalue weighted by Gasteiger charge is 2.32. The number of hydrogen-bond acceptors (Lipinski definition) is 8. The van der Waals surface area contributed by atoms with Crippen LogP contribution in [0.25, 0.3) is 21.9 Å². The fourth-order valence-corrected chi connectivity index (χ4v) is 3.87. The van der Waals surface area contributed by atoms with Gasteiger partial charge in [0.05, 0.1) is 17.0 Å². The van der Waals surface area contributed by atoms with Crippen LogP contribution in [0.15, 0.2) is 76.2 Å². The van der Waals surface area contributed by atoms with Crippen molar-refractivity contribution in [3.05, 3.63) is 94.0 Å². The number of ether oxygens (including phenoxy) is 3. The third-order valence-electron chi connectivity index (χ3n) is 5.68. The average Bonchev–Trinajstić information content (AvgIpc) is 2.92. The Morgan fingerprint density at radius 1 is 0.923 bits per heavy atom. The Kier molecular flexibility index (Phi) is 7.07. The lowest BCUT2D eigenvalue weighted by molar-refractivity contribution is -0.141. The molecular formula is C28H22F3N3O5. The lowest BCUT2D eigenvalue weighted by atomic mass is 10.1. The molecule has 0 unspecified atom stereocenters. The molecule has 2 aromatic carbocycles. The van der Waals surface area contributed by atoms with E-state index in [4.69, 9.17) is 24.4 Å². The van der Waals surface area contributed by atoms with Gasteiger partial charge in [0.25, 0.3) is 0 Å². The Hall–Kier alpha value is -4.64. The number of rotatable bonds is 8. The maximum atomic E-state index is 13.1. The van der Waals surface area contributed by atoms with Gasteiger partial charge in [0.1, 0.15) is 36.0 Å². The zero-order valence-corrected chi connectivity index (χ0v) is 20.6. The molecule has 5 rings (SSSR count). The van der Waals surface area contributed by atoms with Crippen molar-refractivity contribution in [2.45, 2.75) is 19.7 Å². The molecule has 0 saturated carbocycles. The van der Waals surface area contributed by atoms with Gasteiger partial charge >= 0.3 is 6.18 Å². The minimum Gasteiger partial charge on any atom is -0.488 e. The summed E-state index contributed by atoms with van der Waals surface area (Å²) in [5.74, 6) is 1.49. The van der Waals surface area contributed by atoms with Crippen molar-refractivity contribution >= 4 is 21.9 Å². The summed E-state index contributed by atoms with van der Waals surface area (Å²) in [7, 11) is 0. The Morgan fingerprint density at radius 2 is 1.74 bits per heavy atom. The molecule has 0 atom stereocenters. The van der Waals surface area contributed by atoms with E-state index in [1.54, 1.807) is 42.5 Å². The molecule has 39 heavy (non-hydrogen) atoms. The van der Waals surface area contributed by atoms with Crippen LogP contribution in [-0.4, -0.2) is 23.1 Å². The number of benzene rings is 2. The van der Waals surface area contributed by atoms with Crippen molar-refractivity contribution in [2.75, 3.05) is 13.2 Å². The molecule has 0 aliphatic rings.